The van der Waals surface area contributed by atoms with Gasteiger partial charge in [-0.05, 0) is 36.3 Å². The maximum Gasteiger partial charge on any atom is 0.225 e. The van der Waals surface area contributed by atoms with Gasteiger partial charge >= 0.3 is 0 Å². The van der Waals surface area contributed by atoms with Crippen LogP contribution in [0, 0.1) is 5.92 Å². The molecule has 5 nitrogen and oxygen atoms in total. The number of nitrogens with zero attached hydrogens (tertiary/aromatic N) is 3. The van der Waals surface area contributed by atoms with Crippen LogP contribution in [0.3, 0.4) is 0 Å². The highest BCUT2D eigenvalue weighted by molar-refractivity contribution is 5.56. The third-order valence-corrected chi connectivity index (χ3v) is 6.43. The van der Waals surface area contributed by atoms with Gasteiger partial charge in [-0.25, -0.2) is 4.98 Å². The van der Waals surface area contributed by atoms with Gasteiger partial charge in [0.25, 0.3) is 0 Å². The molecular formula is C22H28N4O. The Morgan fingerprint density at radius 1 is 1.15 bits per heavy atom. The number of hydrogen-bond acceptors (Lipinski definition) is 5. The molecule has 1 saturated heterocycles. The molecule has 1 saturated carbocycles. The molecule has 0 amide bonds. The Morgan fingerprint density at radius 3 is 2.63 bits per heavy atom. The quantitative estimate of drug-likeness (QED) is 0.816. The number of anilines is 2. The Labute approximate surface area is 160 Å². The summed E-state index contributed by atoms with van der Waals surface area (Å²) in [5.41, 5.74) is 4.14. The molecule has 2 aromatic rings. The summed E-state index contributed by atoms with van der Waals surface area (Å²) in [4.78, 5) is 12.1. The minimum absolute atomic E-state index is 0.0249. The summed E-state index contributed by atoms with van der Waals surface area (Å²) in [6.45, 7) is 5.34. The van der Waals surface area contributed by atoms with Gasteiger partial charge in [0.05, 0.1) is 24.4 Å². The zero-order valence-corrected chi connectivity index (χ0v) is 16.1. The van der Waals surface area contributed by atoms with Crippen molar-refractivity contribution in [1.29, 1.82) is 0 Å². The first kappa shape index (κ1) is 17.0. The third kappa shape index (κ3) is 2.98. The molecule has 1 aromatic heterocycles. The van der Waals surface area contributed by atoms with Gasteiger partial charge in [0.2, 0.25) is 5.95 Å². The molecule has 3 atom stereocenters. The predicted octanol–water partition coefficient (Wildman–Crippen LogP) is 3.83. The Bertz CT molecular complexity index is 848. The molecule has 2 aliphatic carbocycles. The minimum Gasteiger partial charge on any atom is -0.394 e. The van der Waals surface area contributed by atoms with E-state index in [1.54, 1.807) is 0 Å². The Hall–Kier alpha value is -2.14. The molecule has 142 valence electrons. The molecule has 1 aliphatic heterocycles. The fourth-order valence-corrected chi connectivity index (χ4v) is 4.64. The summed E-state index contributed by atoms with van der Waals surface area (Å²) in [6.07, 6.45) is 3.63. The summed E-state index contributed by atoms with van der Waals surface area (Å²) in [7, 11) is 0. The molecule has 3 aliphatic rings. The number of hydrogen-bond donors (Lipinski definition) is 2. The Kier molecular flexibility index (Phi) is 4.08. The van der Waals surface area contributed by atoms with Crippen molar-refractivity contribution >= 4 is 11.8 Å². The van der Waals surface area contributed by atoms with Crippen LogP contribution in [0.2, 0.25) is 0 Å². The van der Waals surface area contributed by atoms with E-state index in [0.29, 0.717) is 29.7 Å². The first-order valence-corrected chi connectivity index (χ1v) is 10.3. The SMILES string of the molecule is CC(C)[C@H](CO)Nc1nc(C2CC2)cc(N2C[C@H]3C[C@H]2c2ccccc23)n1. The van der Waals surface area contributed by atoms with Gasteiger partial charge in [-0.3, -0.25) is 0 Å². The normalized spacial score (nSPS) is 24.4. The van der Waals surface area contributed by atoms with E-state index in [1.165, 1.54) is 30.4 Å². The monoisotopic (exact) mass is 364 g/mol. The summed E-state index contributed by atoms with van der Waals surface area (Å²) in [5, 5.41) is 13.1. The minimum atomic E-state index is -0.0249. The maximum atomic E-state index is 9.70. The maximum absolute atomic E-state index is 9.70. The van der Waals surface area contributed by atoms with Crippen molar-refractivity contribution in [3.63, 3.8) is 0 Å². The second-order valence-electron chi connectivity index (χ2n) is 8.66. The zero-order valence-electron chi connectivity index (χ0n) is 16.1. The average molecular weight is 364 g/mol. The van der Waals surface area contributed by atoms with Crippen LogP contribution in [0.5, 0.6) is 0 Å². The van der Waals surface area contributed by atoms with Crippen LogP contribution in [-0.4, -0.2) is 34.3 Å². The van der Waals surface area contributed by atoms with Crippen LogP contribution >= 0.6 is 0 Å². The summed E-state index contributed by atoms with van der Waals surface area (Å²) >= 11 is 0. The highest BCUT2D eigenvalue weighted by Crippen LogP contribution is 2.51. The standard InChI is InChI=1S/C22H28N4O/c1-13(2)19(12-27)24-22-23-18(14-7-8-14)10-21(25-22)26-11-15-9-20(26)17-6-4-3-5-16(15)17/h3-6,10,13-15,19-20,27H,7-9,11-12H2,1-2H3,(H,23,24,25)/t15-,19+,20+/m1/s1. The second-order valence-corrected chi connectivity index (χ2v) is 8.66. The van der Waals surface area contributed by atoms with Gasteiger partial charge in [-0.1, -0.05) is 38.1 Å². The van der Waals surface area contributed by atoms with E-state index in [1.807, 2.05) is 0 Å². The van der Waals surface area contributed by atoms with E-state index in [-0.39, 0.29) is 12.6 Å². The zero-order chi connectivity index (χ0) is 18.5. The lowest BCUT2D eigenvalue weighted by atomic mass is 9.99. The van der Waals surface area contributed by atoms with E-state index in [0.717, 1.165) is 18.1 Å². The molecule has 5 heteroatoms. The van der Waals surface area contributed by atoms with Crippen molar-refractivity contribution in [1.82, 2.24) is 9.97 Å². The fourth-order valence-electron chi connectivity index (χ4n) is 4.64. The molecule has 2 fully saturated rings. The number of benzene rings is 1. The lowest BCUT2D eigenvalue weighted by Gasteiger charge is -2.31. The van der Waals surface area contributed by atoms with E-state index in [2.05, 4.69) is 54.4 Å². The number of nitrogens with one attached hydrogen (secondary N) is 1. The van der Waals surface area contributed by atoms with E-state index < -0.39 is 0 Å². The molecule has 5 rings (SSSR count). The average Bonchev–Trinajstić information content (AvgIpc) is 3.36. The van der Waals surface area contributed by atoms with Crippen LogP contribution in [0.4, 0.5) is 11.8 Å². The molecule has 1 aromatic carbocycles. The van der Waals surface area contributed by atoms with E-state index >= 15 is 0 Å². The number of aromatic nitrogens is 2. The molecule has 2 N–H and O–H groups in total. The van der Waals surface area contributed by atoms with Crippen molar-refractivity contribution in [2.45, 2.75) is 57.0 Å². The Morgan fingerprint density at radius 2 is 1.93 bits per heavy atom. The molecule has 2 heterocycles. The van der Waals surface area contributed by atoms with E-state index in [4.69, 9.17) is 9.97 Å². The predicted molar refractivity (Wildman–Crippen MR) is 107 cm³/mol. The highest BCUT2D eigenvalue weighted by atomic mass is 16.3. The van der Waals surface area contributed by atoms with Crippen molar-refractivity contribution in [3.8, 4) is 0 Å². The van der Waals surface area contributed by atoms with Gasteiger partial charge in [0.1, 0.15) is 5.82 Å². The van der Waals surface area contributed by atoms with Gasteiger partial charge < -0.3 is 15.3 Å². The number of aliphatic hydroxyl groups excluding tert-OH is 1. The van der Waals surface area contributed by atoms with Gasteiger partial charge in [0, 0.05) is 24.4 Å². The van der Waals surface area contributed by atoms with Crippen LogP contribution in [0.15, 0.2) is 30.3 Å². The molecule has 2 bridgehead atoms. The second kappa shape index (κ2) is 6.48. The first-order valence-electron chi connectivity index (χ1n) is 10.3. The van der Waals surface area contributed by atoms with Crippen LogP contribution < -0.4 is 10.2 Å². The van der Waals surface area contributed by atoms with Crippen LogP contribution in [0.25, 0.3) is 0 Å². The summed E-state index contributed by atoms with van der Waals surface area (Å²) in [5.74, 6) is 3.21. The Balaban J connectivity index is 1.48. The smallest absolute Gasteiger partial charge is 0.225 e. The topological polar surface area (TPSA) is 61.3 Å². The molecular weight excluding hydrogens is 336 g/mol. The lowest BCUT2D eigenvalue weighted by molar-refractivity contribution is 0.248. The van der Waals surface area contributed by atoms with Crippen molar-refractivity contribution in [3.05, 3.63) is 47.2 Å². The molecule has 0 unspecified atom stereocenters. The summed E-state index contributed by atoms with van der Waals surface area (Å²) < 4.78 is 0. The van der Waals surface area contributed by atoms with Crippen molar-refractivity contribution < 1.29 is 5.11 Å². The number of rotatable bonds is 6. The third-order valence-electron chi connectivity index (χ3n) is 6.43. The molecule has 0 spiro atoms. The number of aliphatic hydroxyl groups is 1. The van der Waals surface area contributed by atoms with Gasteiger partial charge in [0.15, 0.2) is 0 Å². The lowest BCUT2D eigenvalue weighted by Crippen LogP contribution is -2.32. The largest absolute Gasteiger partial charge is 0.394 e. The molecule has 0 radical (unpaired) electrons. The highest BCUT2D eigenvalue weighted by Gasteiger charge is 2.43. The van der Waals surface area contributed by atoms with Crippen LogP contribution in [-0.2, 0) is 0 Å². The fraction of sp³-hybridized carbons (Fsp3) is 0.545. The van der Waals surface area contributed by atoms with Crippen LogP contribution in [0.1, 0.15) is 67.8 Å². The van der Waals surface area contributed by atoms with Crippen molar-refractivity contribution in [2.24, 2.45) is 5.92 Å². The van der Waals surface area contributed by atoms with Gasteiger partial charge in [-0.2, -0.15) is 4.98 Å². The van der Waals surface area contributed by atoms with Crippen molar-refractivity contribution in [2.75, 3.05) is 23.4 Å². The van der Waals surface area contributed by atoms with E-state index in [9.17, 15) is 5.11 Å². The number of fused-ring (bicyclic) bond motifs is 5. The summed E-state index contributed by atoms with van der Waals surface area (Å²) in [6, 6.07) is 11.5. The molecule has 27 heavy (non-hydrogen) atoms. The van der Waals surface area contributed by atoms with Gasteiger partial charge in [-0.15, -0.1) is 0 Å². The first-order chi connectivity index (χ1) is 13.1.